The highest BCUT2D eigenvalue weighted by molar-refractivity contribution is 7.89. The van der Waals surface area contributed by atoms with Crippen molar-refractivity contribution in [1.29, 1.82) is 0 Å². The van der Waals surface area contributed by atoms with E-state index in [4.69, 9.17) is 0 Å². The molecule has 0 aliphatic rings. The molecule has 5 nitrogen and oxygen atoms in total. The van der Waals surface area contributed by atoms with Crippen LogP contribution in [-0.2, 0) is 10.0 Å². The Morgan fingerprint density at radius 1 is 1.25 bits per heavy atom. The number of para-hydroxylation sites is 1. The van der Waals surface area contributed by atoms with Crippen LogP contribution in [0.2, 0.25) is 0 Å². The molecule has 1 aromatic heterocycles. The van der Waals surface area contributed by atoms with E-state index in [0.29, 0.717) is 12.2 Å². The van der Waals surface area contributed by atoms with E-state index in [-0.39, 0.29) is 4.90 Å². The number of sulfonamides is 1. The number of nitrogens with zero attached hydrogens (tertiary/aromatic N) is 2. The first-order chi connectivity index (χ1) is 9.54. The predicted molar refractivity (Wildman–Crippen MR) is 78.4 cm³/mol. The van der Waals surface area contributed by atoms with E-state index < -0.39 is 10.0 Å². The van der Waals surface area contributed by atoms with Crippen molar-refractivity contribution < 1.29 is 8.42 Å². The van der Waals surface area contributed by atoms with Crippen molar-refractivity contribution >= 4 is 10.0 Å². The summed E-state index contributed by atoms with van der Waals surface area (Å²) in [6.07, 6.45) is 3.33. The molecule has 0 spiro atoms. The van der Waals surface area contributed by atoms with E-state index in [0.717, 1.165) is 18.5 Å². The van der Waals surface area contributed by atoms with Gasteiger partial charge in [-0.3, -0.25) is 0 Å². The molecular formula is C14H19N3O2S. The highest BCUT2D eigenvalue weighted by Gasteiger charge is 2.20. The van der Waals surface area contributed by atoms with Gasteiger partial charge in [0.1, 0.15) is 4.90 Å². The van der Waals surface area contributed by atoms with E-state index in [9.17, 15) is 8.42 Å². The van der Waals surface area contributed by atoms with Gasteiger partial charge in [0.25, 0.3) is 0 Å². The van der Waals surface area contributed by atoms with Crippen molar-refractivity contribution in [2.24, 2.45) is 0 Å². The fourth-order valence-electron chi connectivity index (χ4n) is 1.88. The third kappa shape index (κ3) is 3.26. The second-order valence-corrected chi connectivity index (χ2v) is 6.35. The normalized spacial score (nSPS) is 11.7. The van der Waals surface area contributed by atoms with Gasteiger partial charge in [-0.05, 0) is 25.5 Å². The first kappa shape index (κ1) is 14.7. The number of rotatable bonds is 6. The van der Waals surface area contributed by atoms with Gasteiger partial charge >= 0.3 is 0 Å². The Morgan fingerprint density at radius 2 is 1.95 bits per heavy atom. The van der Waals surface area contributed by atoms with Gasteiger partial charge in [-0.1, -0.05) is 31.5 Å². The molecule has 20 heavy (non-hydrogen) atoms. The first-order valence-corrected chi connectivity index (χ1v) is 8.14. The quantitative estimate of drug-likeness (QED) is 0.831. The van der Waals surface area contributed by atoms with Crippen LogP contribution in [0, 0.1) is 6.92 Å². The van der Waals surface area contributed by atoms with E-state index in [1.165, 1.54) is 0 Å². The molecule has 2 aromatic rings. The second kappa shape index (κ2) is 6.19. The summed E-state index contributed by atoms with van der Waals surface area (Å²) >= 11 is 0. The molecule has 0 fully saturated rings. The molecule has 2 rings (SSSR count). The third-order valence-corrected chi connectivity index (χ3v) is 4.55. The van der Waals surface area contributed by atoms with Gasteiger partial charge in [0.2, 0.25) is 10.0 Å². The molecular weight excluding hydrogens is 274 g/mol. The van der Waals surface area contributed by atoms with Crippen molar-refractivity contribution in [2.75, 3.05) is 6.54 Å². The smallest absolute Gasteiger partial charge is 0.239 e. The Kier molecular flexibility index (Phi) is 4.57. The Balaban J connectivity index is 2.28. The van der Waals surface area contributed by atoms with Crippen LogP contribution in [0.25, 0.3) is 5.69 Å². The largest absolute Gasteiger partial charge is 0.243 e. The molecule has 0 radical (unpaired) electrons. The fraction of sp³-hybridized carbons (Fsp3) is 0.357. The van der Waals surface area contributed by atoms with Crippen LogP contribution >= 0.6 is 0 Å². The van der Waals surface area contributed by atoms with Gasteiger partial charge in [-0.2, -0.15) is 5.10 Å². The number of hydrogen-bond acceptors (Lipinski definition) is 3. The molecule has 1 aromatic carbocycles. The average molecular weight is 293 g/mol. The zero-order chi connectivity index (χ0) is 14.6. The lowest BCUT2D eigenvalue weighted by molar-refractivity contribution is 0.578. The van der Waals surface area contributed by atoms with Crippen LogP contribution in [0.15, 0.2) is 41.4 Å². The molecule has 1 heterocycles. The molecule has 0 bridgehead atoms. The van der Waals surface area contributed by atoms with Crippen LogP contribution < -0.4 is 4.72 Å². The van der Waals surface area contributed by atoms with E-state index >= 15 is 0 Å². The average Bonchev–Trinajstić information content (AvgIpc) is 2.83. The monoisotopic (exact) mass is 293 g/mol. The summed E-state index contributed by atoms with van der Waals surface area (Å²) < 4.78 is 28.6. The molecule has 0 aliphatic heterocycles. The van der Waals surface area contributed by atoms with Crippen LogP contribution in [0.5, 0.6) is 0 Å². The van der Waals surface area contributed by atoms with Crippen molar-refractivity contribution in [3.63, 3.8) is 0 Å². The lowest BCUT2D eigenvalue weighted by Gasteiger charge is -2.04. The van der Waals surface area contributed by atoms with Crippen molar-refractivity contribution in [2.45, 2.75) is 31.6 Å². The molecule has 1 N–H and O–H groups in total. The number of benzene rings is 1. The minimum Gasteiger partial charge on any atom is -0.239 e. The van der Waals surface area contributed by atoms with E-state index in [1.54, 1.807) is 17.8 Å². The molecule has 0 aliphatic carbocycles. The maximum Gasteiger partial charge on any atom is 0.243 e. The number of aromatic nitrogens is 2. The van der Waals surface area contributed by atoms with E-state index in [1.807, 2.05) is 37.3 Å². The van der Waals surface area contributed by atoms with Crippen LogP contribution in [-0.4, -0.2) is 24.7 Å². The van der Waals surface area contributed by atoms with Gasteiger partial charge in [0.05, 0.1) is 17.6 Å². The molecule has 0 atom stereocenters. The summed E-state index contributed by atoms with van der Waals surface area (Å²) in [7, 11) is -3.48. The Hall–Kier alpha value is -1.66. The number of aryl methyl sites for hydroxylation is 1. The van der Waals surface area contributed by atoms with Crippen molar-refractivity contribution in [1.82, 2.24) is 14.5 Å². The highest BCUT2D eigenvalue weighted by atomic mass is 32.2. The summed E-state index contributed by atoms with van der Waals surface area (Å²) in [5.74, 6) is 0. The molecule has 0 saturated heterocycles. The maximum atomic E-state index is 12.2. The minimum atomic E-state index is -3.48. The zero-order valence-corrected chi connectivity index (χ0v) is 12.5. The van der Waals surface area contributed by atoms with Gasteiger partial charge in [-0.15, -0.1) is 0 Å². The summed E-state index contributed by atoms with van der Waals surface area (Å²) in [5, 5.41) is 4.27. The van der Waals surface area contributed by atoms with Crippen LogP contribution in [0.1, 0.15) is 25.5 Å². The summed E-state index contributed by atoms with van der Waals surface area (Å²) in [6.45, 7) is 4.18. The summed E-state index contributed by atoms with van der Waals surface area (Å²) in [5.41, 5.74) is 1.34. The second-order valence-electron chi connectivity index (χ2n) is 4.61. The van der Waals surface area contributed by atoms with Gasteiger partial charge in [-0.25, -0.2) is 17.8 Å². The Morgan fingerprint density at radius 3 is 2.60 bits per heavy atom. The zero-order valence-electron chi connectivity index (χ0n) is 11.7. The Bertz CT molecular complexity index is 663. The number of nitrogens with one attached hydrogen (secondary N) is 1. The minimum absolute atomic E-state index is 0.234. The summed E-state index contributed by atoms with van der Waals surface area (Å²) in [4.78, 5) is 0.234. The maximum absolute atomic E-state index is 12.2. The molecule has 0 unspecified atom stereocenters. The molecule has 0 saturated carbocycles. The first-order valence-electron chi connectivity index (χ1n) is 6.66. The van der Waals surface area contributed by atoms with E-state index in [2.05, 4.69) is 9.82 Å². The SMILES string of the molecule is CCCCNS(=O)(=O)c1cn(-c2ccccc2)nc1C. The van der Waals surface area contributed by atoms with Gasteiger partial charge < -0.3 is 0 Å². The van der Waals surface area contributed by atoms with Crippen molar-refractivity contribution in [3.05, 3.63) is 42.2 Å². The molecule has 6 heteroatoms. The highest BCUT2D eigenvalue weighted by Crippen LogP contribution is 2.16. The van der Waals surface area contributed by atoms with Gasteiger partial charge in [0, 0.05) is 6.54 Å². The lowest BCUT2D eigenvalue weighted by atomic mass is 10.3. The third-order valence-electron chi connectivity index (χ3n) is 2.99. The molecule has 108 valence electrons. The predicted octanol–water partition coefficient (Wildman–Crippen LogP) is 2.26. The van der Waals surface area contributed by atoms with Crippen molar-refractivity contribution in [3.8, 4) is 5.69 Å². The number of hydrogen-bond donors (Lipinski definition) is 1. The summed E-state index contributed by atoms with van der Waals surface area (Å²) in [6, 6.07) is 9.45. The fourth-order valence-corrected chi connectivity index (χ4v) is 3.12. The number of unbranched alkanes of at least 4 members (excludes halogenated alkanes) is 1. The lowest BCUT2D eigenvalue weighted by Crippen LogP contribution is -2.25. The van der Waals surface area contributed by atoms with Crippen LogP contribution in [0.4, 0.5) is 0 Å². The van der Waals surface area contributed by atoms with Crippen LogP contribution in [0.3, 0.4) is 0 Å². The Labute approximate surface area is 119 Å². The molecule has 0 amide bonds. The topological polar surface area (TPSA) is 64.0 Å². The standard InChI is InChI=1S/C14H19N3O2S/c1-3-4-10-15-20(18,19)14-11-17(16-12(14)2)13-8-6-5-7-9-13/h5-9,11,15H,3-4,10H2,1-2H3. The van der Waals surface area contributed by atoms with Gasteiger partial charge in [0.15, 0.2) is 0 Å².